The second-order valence-corrected chi connectivity index (χ2v) is 9.17. The Bertz CT molecular complexity index is 970. The fourth-order valence-corrected chi connectivity index (χ4v) is 5.29. The Labute approximate surface area is 187 Å². The lowest BCUT2D eigenvalue weighted by atomic mass is 9.68. The second-order valence-electron chi connectivity index (χ2n) is 8.73. The summed E-state index contributed by atoms with van der Waals surface area (Å²) >= 11 is 6.22. The lowest BCUT2D eigenvalue weighted by Gasteiger charge is -2.42. The van der Waals surface area contributed by atoms with Gasteiger partial charge in [0, 0.05) is 35.3 Å². The number of nitrogens with two attached hydrogens (primary N) is 1. The molecule has 2 aliphatic rings. The van der Waals surface area contributed by atoms with Crippen LogP contribution in [0.25, 0.3) is 0 Å². The molecule has 164 valence electrons. The zero-order valence-electron chi connectivity index (χ0n) is 17.6. The van der Waals surface area contributed by atoms with Gasteiger partial charge in [0.25, 0.3) is 0 Å². The van der Waals surface area contributed by atoms with Gasteiger partial charge in [-0.1, -0.05) is 23.7 Å². The monoisotopic (exact) mass is 441 g/mol. The van der Waals surface area contributed by atoms with Crippen LogP contribution in [0.4, 0.5) is 10.5 Å². The molecule has 1 aliphatic heterocycles. The zero-order valence-corrected chi connectivity index (χ0v) is 18.4. The number of anilines is 1. The highest BCUT2D eigenvalue weighted by Gasteiger charge is 2.43. The van der Waals surface area contributed by atoms with E-state index in [4.69, 9.17) is 22.4 Å². The molecule has 3 N–H and O–H groups in total. The Morgan fingerprint density at radius 1 is 1.19 bits per heavy atom. The normalized spacial score (nSPS) is 26.4. The molecule has 2 aromatic rings. The van der Waals surface area contributed by atoms with Gasteiger partial charge in [-0.15, -0.1) is 0 Å². The van der Waals surface area contributed by atoms with Crippen LogP contribution in [-0.4, -0.2) is 47.2 Å². The van der Waals surface area contributed by atoms with Gasteiger partial charge in [-0.25, -0.2) is 9.59 Å². The first-order valence-corrected chi connectivity index (χ1v) is 11.1. The van der Waals surface area contributed by atoms with Crippen molar-refractivity contribution in [2.75, 3.05) is 18.0 Å². The fraction of sp³-hybridized carbons (Fsp3) is 0.417. The highest BCUT2D eigenvalue weighted by molar-refractivity contribution is 6.30. The van der Waals surface area contributed by atoms with Crippen molar-refractivity contribution in [1.82, 2.24) is 4.90 Å². The van der Waals surface area contributed by atoms with Crippen LogP contribution in [-0.2, 0) is 5.41 Å². The van der Waals surface area contributed by atoms with Crippen molar-refractivity contribution in [1.29, 1.82) is 0 Å². The van der Waals surface area contributed by atoms with E-state index in [2.05, 4.69) is 6.07 Å². The third-order valence-electron chi connectivity index (χ3n) is 6.93. The highest BCUT2D eigenvalue weighted by Crippen LogP contribution is 2.42. The van der Waals surface area contributed by atoms with Crippen molar-refractivity contribution < 1.29 is 14.7 Å². The molecular weight excluding hydrogens is 414 g/mol. The third-order valence-corrected chi connectivity index (χ3v) is 7.16. The van der Waals surface area contributed by atoms with Gasteiger partial charge >= 0.3 is 12.0 Å². The summed E-state index contributed by atoms with van der Waals surface area (Å²) in [5.41, 5.74) is 8.26. The summed E-state index contributed by atoms with van der Waals surface area (Å²) in [4.78, 5) is 28.1. The molecule has 1 heterocycles. The maximum absolute atomic E-state index is 13.3. The number of carbonyl (C=O) groups is 2. The highest BCUT2D eigenvalue weighted by atomic mass is 35.5. The van der Waals surface area contributed by atoms with Crippen LogP contribution in [0.1, 0.15) is 48.5 Å². The average molecular weight is 442 g/mol. The molecule has 1 atom stereocenters. The molecule has 0 aromatic heterocycles. The third kappa shape index (κ3) is 4.02. The smallest absolute Gasteiger partial charge is 0.335 e. The lowest BCUT2D eigenvalue weighted by Crippen LogP contribution is -2.46. The quantitative estimate of drug-likeness (QED) is 0.714. The molecule has 2 fully saturated rings. The standard InChI is InChI=1S/C24H28ClN3O3/c1-16-14-27(23(31)28(16)21-7-5-17(6-8-21)22(29)30)20-9-11-24(15-26,12-10-20)18-3-2-4-19(25)13-18/h2-8,13,16,20H,9-12,14-15,26H2,1H3,(H,29,30)/t16-,20-,24-/m0/s1. The van der Waals surface area contributed by atoms with Crippen LogP contribution in [0.3, 0.4) is 0 Å². The largest absolute Gasteiger partial charge is 0.478 e. The molecule has 4 rings (SSSR count). The van der Waals surface area contributed by atoms with E-state index in [0.717, 1.165) is 36.4 Å². The van der Waals surface area contributed by atoms with E-state index >= 15 is 0 Å². The molecule has 2 amide bonds. The van der Waals surface area contributed by atoms with Gasteiger partial charge in [0.1, 0.15) is 0 Å². The Morgan fingerprint density at radius 3 is 2.45 bits per heavy atom. The van der Waals surface area contributed by atoms with Crippen molar-refractivity contribution in [2.24, 2.45) is 5.73 Å². The van der Waals surface area contributed by atoms with Gasteiger partial charge in [-0.3, -0.25) is 4.90 Å². The topological polar surface area (TPSA) is 86.9 Å². The van der Waals surface area contributed by atoms with E-state index in [0.29, 0.717) is 13.1 Å². The van der Waals surface area contributed by atoms with Crippen LogP contribution in [0.2, 0.25) is 5.02 Å². The molecule has 7 heteroatoms. The fourth-order valence-electron chi connectivity index (χ4n) is 5.10. The molecule has 0 spiro atoms. The molecular formula is C24H28ClN3O3. The number of urea groups is 1. The van der Waals surface area contributed by atoms with Crippen LogP contribution in [0, 0.1) is 0 Å². The lowest BCUT2D eigenvalue weighted by molar-refractivity contribution is 0.0697. The van der Waals surface area contributed by atoms with E-state index in [-0.39, 0.29) is 29.1 Å². The number of amides is 2. The van der Waals surface area contributed by atoms with Crippen molar-refractivity contribution in [2.45, 2.75) is 50.1 Å². The van der Waals surface area contributed by atoms with Crippen LogP contribution in [0.5, 0.6) is 0 Å². The first-order chi connectivity index (χ1) is 14.8. The van der Waals surface area contributed by atoms with Crippen molar-refractivity contribution in [3.8, 4) is 0 Å². The van der Waals surface area contributed by atoms with Gasteiger partial charge in [-0.05, 0) is 74.6 Å². The number of nitrogens with zero attached hydrogens (tertiary/aromatic N) is 2. The SMILES string of the molecule is C[C@H]1CN([C@H]2CC[C@](CN)(c3cccc(Cl)c3)CC2)C(=O)N1c1ccc(C(=O)O)cc1. The Morgan fingerprint density at radius 2 is 1.87 bits per heavy atom. The summed E-state index contributed by atoms with van der Waals surface area (Å²) in [6, 6.07) is 14.7. The van der Waals surface area contributed by atoms with Gasteiger partial charge in [0.05, 0.1) is 11.6 Å². The van der Waals surface area contributed by atoms with E-state index in [1.165, 1.54) is 5.56 Å². The Balaban J connectivity index is 1.47. The molecule has 6 nitrogen and oxygen atoms in total. The van der Waals surface area contributed by atoms with E-state index < -0.39 is 5.97 Å². The first-order valence-electron chi connectivity index (χ1n) is 10.7. The summed E-state index contributed by atoms with van der Waals surface area (Å²) in [7, 11) is 0. The van der Waals surface area contributed by atoms with Crippen molar-refractivity contribution >= 4 is 29.3 Å². The molecule has 31 heavy (non-hydrogen) atoms. The second kappa shape index (κ2) is 8.52. The molecule has 1 saturated heterocycles. The minimum Gasteiger partial charge on any atom is -0.478 e. The summed E-state index contributed by atoms with van der Waals surface area (Å²) in [6.45, 7) is 3.26. The molecule has 2 aromatic carbocycles. The summed E-state index contributed by atoms with van der Waals surface area (Å²) in [5, 5.41) is 9.84. The molecule has 0 radical (unpaired) electrons. The number of carboxylic acids is 1. The predicted octanol–water partition coefficient (Wildman–Crippen LogP) is 4.51. The van der Waals surface area contributed by atoms with E-state index in [1.807, 2.05) is 30.0 Å². The summed E-state index contributed by atoms with van der Waals surface area (Å²) in [5.74, 6) is -0.973. The van der Waals surface area contributed by atoms with E-state index in [9.17, 15) is 9.59 Å². The number of benzene rings is 2. The van der Waals surface area contributed by atoms with Crippen molar-refractivity contribution in [3.05, 3.63) is 64.7 Å². The minimum atomic E-state index is -0.973. The molecule has 1 aliphatic carbocycles. The first kappa shape index (κ1) is 21.7. The van der Waals surface area contributed by atoms with Gasteiger partial charge in [0.15, 0.2) is 0 Å². The van der Waals surface area contributed by atoms with Gasteiger partial charge in [0.2, 0.25) is 0 Å². The Hall–Kier alpha value is -2.57. The minimum absolute atomic E-state index is 0.0106. The number of hydrogen-bond acceptors (Lipinski definition) is 3. The van der Waals surface area contributed by atoms with Crippen molar-refractivity contribution in [3.63, 3.8) is 0 Å². The predicted molar refractivity (Wildman–Crippen MR) is 122 cm³/mol. The van der Waals surface area contributed by atoms with Crippen LogP contribution >= 0.6 is 11.6 Å². The molecule has 0 unspecified atom stereocenters. The number of hydrogen-bond donors (Lipinski definition) is 2. The number of halogens is 1. The number of rotatable bonds is 5. The Kier molecular flexibility index (Phi) is 5.95. The maximum atomic E-state index is 13.3. The van der Waals surface area contributed by atoms with Gasteiger partial charge in [-0.2, -0.15) is 0 Å². The maximum Gasteiger partial charge on any atom is 0.335 e. The summed E-state index contributed by atoms with van der Waals surface area (Å²) in [6.07, 6.45) is 3.63. The average Bonchev–Trinajstić information content (AvgIpc) is 3.07. The number of carbonyl (C=O) groups excluding carboxylic acids is 1. The molecule has 1 saturated carbocycles. The summed E-state index contributed by atoms with van der Waals surface area (Å²) < 4.78 is 0. The zero-order chi connectivity index (χ0) is 22.2. The number of aromatic carboxylic acids is 1. The molecule has 0 bridgehead atoms. The van der Waals surface area contributed by atoms with Crippen LogP contribution < -0.4 is 10.6 Å². The van der Waals surface area contributed by atoms with Gasteiger partial charge < -0.3 is 15.7 Å². The van der Waals surface area contributed by atoms with E-state index in [1.54, 1.807) is 29.2 Å². The van der Waals surface area contributed by atoms with Crippen LogP contribution in [0.15, 0.2) is 48.5 Å². The number of carboxylic acid groups (broad SMARTS) is 1.